The zero-order valence-electron chi connectivity index (χ0n) is 12.9. The number of amides is 2. The molecule has 3 fully saturated rings. The molecule has 5 heteroatoms. The molecule has 0 aromatic carbocycles. The second-order valence-corrected chi connectivity index (χ2v) is 7.40. The molecule has 4 unspecified atom stereocenters. The van der Waals surface area contributed by atoms with Crippen molar-refractivity contribution in [3.8, 4) is 0 Å². The molecule has 5 nitrogen and oxygen atoms in total. The van der Waals surface area contributed by atoms with E-state index in [9.17, 15) is 9.59 Å². The minimum atomic E-state index is -0.793. The van der Waals surface area contributed by atoms with E-state index in [1.807, 2.05) is 6.92 Å². The van der Waals surface area contributed by atoms with Crippen LogP contribution in [0.3, 0.4) is 0 Å². The summed E-state index contributed by atoms with van der Waals surface area (Å²) in [6, 6.07) is 0.118. The Morgan fingerprint density at radius 3 is 2.52 bits per heavy atom. The highest BCUT2D eigenvalue weighted by Gasteiger charge is 2.43. The van der Waals surface area contributed by atoms with Crippen molar-refractivity contribution in [3.05, 3.63) is 0 Å². The molecular weight excluding hydrogens is 268 g/mol. The minimum Gasteiger partial charge on any atom is -0.481 e. The molecule has 2 amide bonds. The monoisotopic (exact) mass is 294 g/mol. The first-order chi connectivity index (χ1) is 9.95. The Balaban J connectivity index is 1.53. The molecule has 0 spiro atoms. The fourth-order valence-electron chi connectivity index (χ4n) is 4.75. The number of aliphatic carboxylic acids is 1. The highest BCUT2D eigenvalue weighted by atomic mass is 16.4. The quantitative estimate of drug-likeness (QED) is 0.838. The number of nitrogens with zero attached hydrogens (tertiary/aromatic N) is 1. The van der Waals surface area contributed by atoms with Crippen LogP contribution in [0.1, 0.15) is 39.5 Å². The van der Waals surface area contributed by atoms with Gasteiger partial charge in [-0.15, -0.1) is 0 Å². The average Bonchev–Trinajstić information content (AvgIpc) is 3.12. The molecule has 0 aromatic heterocycles. The Labute approximate surface area is 126 Å². The number of nitrogens with one attached hydrogen (secondary N) is 1. The van der Waals surface area contributed by atoms with Crippen molar-refractivity contribution in [1.29, 1.82) is 0 Å². The van der Waals surface area contributed by atoms with E-state index in [4.69, 9.17) is 5.11 Å². The molecule has 6 atom stereocenters. The van der Waals surface area contributed by atoms with Crippen LogP contribution in [0.4, 0.5) is 4.79 Å². The summed E-state index contributed by atoms with van der Waals surface area (Å²) in [6.07, 6.45) is 5.27. The van der Waals surface area contributed by atoms with Crippen LogP contribution < -0.4 is 5.32 Å². The van der Waals surface area contributed by atoms with Gasteiger partial charge >= 0.3 is 12.0 Å². The molecule has 1 heterocycles. The lowest BCUT2D eigenvalue weighted by Crippen LogP contribution is -2.46. The fraction of sp³-hybridized carbons (Fsp3) is 0.875. The van der Waals surface area contributed by atoms with Gasteiger partial charge in [-0.3, -0.25) is 4.79 Å². The van der Waals surface area contributed by atoms with Gasteiger partial charge in [0.2, 0.25) is 0 Å². The third-order valence-corrected chi connectivity index (χ3v) is 6.00. The van der Waals surface area contributed by atoms with Crippen molar-refractivity contribution in [2.24, 2.45) is 29.6 Å². The summed E-state index contributed by atoms with van der Waals surface area (Å²) in [6.45, 7) is 4.90. The van der Waals surface area contributed by atoms with E-state index in [2.05, 4.69) is 12.2 Å². The standard InChI is InChI=1S/C16H26N2O3/c1-9-7-18(8-14(9)15(19)20)16(21)17-10(2)13-6-11-3-4-12(13)5-11/h9-14H,3-8H2,1-2H3,(H,17,21)(H,19,20)/t9-,10?,11?,12?,13?,14-/m1/s1. The highest BCUT2D eigenvalue weighted by molar-refractivity contribution is 5.77. The van der Waals surface area contributed by atoms with Crippen LogP contribution >= 0.6 is 0 Å². The van der Waals surface area contributed by atoms with Crippen molar-refractivity contribution in [3.63, 3.8) is 0 Å². The summed E-state index contributed by atoms with van der Waals surface area (Å²) in [7, 11) is 0. The third kappa shape index (κ3) is 2.74. The van der Waals surface area contributed by atoms with E-state index in [-0.39, 0.29) is 18.0 Å². The highest BCUT2D eigenvalue weighted by Crippen LogP contribution is 2.49. The minimum absolute atomic E-state index is 0.0334. The maximum absolute atomic E-state index is 12.4. The number of rotatable bonds is 3. The van der Waals surface area contributed by atoms with Crippen LogP contribution in [0, 0.1) is 29.6 Å². The molecule has 2 aliphatic carbocycles. The van der Waals surface area contributed by atoms with Crippen molar-refractivity contribution in [1.82, 2.24) is 10.2 Å². The van der Waals surface area contributed by atoms with E-state index in [1.54, 1.807) is 4.90 Å². The number of carboxylic acid groups (broad SMARTS) is 1. The molecule has 21 heavy (non-hydrogen) atoms. The number of hydrogen-bond acceptors (Lipinski definition) is 2. The van der Waals surface area contributed by atoms with E-state index in [0.29, 0.717) is 19.0 Å². The van der Waals surface area contributed by atoms with Gasteiger partial charge in [-0.1, -0.05) is 13.3 Å². The largest absolute Gasteiger partial charge is 0.481 e. The smallest absolute Gasteiger partial charge is 0.317 e. The lowest BCUT2D eigenvalue weighted by Gasteiger charge is -2.30. The molecule has 3 aliphatic rings. The zero-order valence-corrected chi connectivity index (χ0v) is 12.9. The van der Waals surface area contributed by atoms with Crippen LogP contribution in [-0.2, 0) is 4.79 Å². The number of fused-ring (bicyclic) bond motifs is 2. The van der Waals surface area contributed by atoms with Gasteiger partial charge in [-0.2, -0.15) is 0 Å². The van der Waals surface area contributed by atoms with Crippen LogP contribution in [0.25, 0.3) is 0 Å². The van der Waals surface area contributed by atoms with E-state index < -0.39 is 11.9 Å². The molecule has 0 radical (unpaired) electrons. The van der Waals surface area contributed by atoms with Crippen LogP contribution in [-0.4, -0.2) is 41.1 Å². The average molecular weight is 294 g/mol. The number of carbonyl (C=O) groups excluding carboxylic acids is 1. The van der Waals surface area contributed by atoms with Gasteiger partial charge in [0.1, 0.15) is 0 Å². The van der Waals surface area contributed by atoms with Gasteiger partial charge in [0, 0.05) is 19.1 Å². The van der Waals surface area contributed by atoms with Crippen molar-refractivity contribution in [2.45, 2.75) is 45.6 Å². The second-order valence-electron chi connectivity index (χ2n) is 7.40. The Morgan fingerprint density at radius 2 is 2.00 bits per heavy atom. The summed E-state index contributed by atoms with van der Waals surface area (Å²) in [5.41, 5.74) is 0. The number of hydrogen-bond donors (Lipinski definition) is 2. The first-order valence-corrected chi connectivity index (χ1v) is 8.24. The molecule has 2 saturated carbocycles. The summed E-state index contributed by atoms with van der Waals surface area (Å²) in [5, 5.41) is 12.3. The van der Waals surface area contributed by atoms with Gasteiger partial charge < -0.3 is 15.3 Å². The van der Waals surface area contributed by atoms with Crippen molar-refractivity contribution in [2.75, 3.05) is 13.1 Å². The summed E-state index contributed by atoms with van der Waals surface area (Å²) in [4.78, 5) is 25.2. The Bertz CT molecular complexity index is 439. The second kappa shape index (κ2) is 5.50. The van der Waals surface area contributed by atoms with E-state index in [1.165, 1.54) is 25.7 Å². The fourth-order valence-corrected chi connectivity index (χ4v) is 4.75. The number of likely N-dealkylation sites (tertiary alicyclic amines) is 1. The van der Waals surface area contributed by atoms with Crippen LogP contribution in [0.5, 0.6) is 0 Å². The van der Waals surface area contributed by atoms with E-state index in [0.717, 1.165) is 11.8 Å². The van der Waals surface area contributed by atoms with Crippen LogP contribution in [0.15, 0.2) is 0 Å². The summed E-state index contributed by atoms with van der Waals surface area (Å²) < 4.78 is 0. The molecule has 118 valence electrons. The predicted octanol–water partition coefficient (Wildman–Crippen LogP) is 2.17. The van der Waals surface area contributed by atoms with Gasteiger partial charge in [0.25, 0.3) is 0 Å². The Kier molecular flexibility index (Phi) is 3.84. The normalized spacial score (nSPS) is 39.5. The third-order valence-electron chi connectivity index (χ3n) is 6.00. The molecule has 2 N–H and O–H groups in total. The van der Waals surface area contributed by atoms with Gasteiger partial charge in [-0.05, 0) is 49.9 Å². The molecule has 1 aliphatic heterocycles. The molecule has 1 saturated heterocycles. The number of carboxylic acids is 1. The molecule has 0 aromatic rings. The Morgan fingerprint density at radius 1 is 1.24 bits per heavy atom. The van der Waals surface area contributed by atoms with Crippen LogP contribution in [0.2, 0.25) is 0 Å². The lowest BCUT2D eigenvalue weighted by molar-refractivity contribution is -0.142. The molecular formula is C16H26N2O3. The van der Waals surface area contributed by atoms with Gasteiger partial charge in [0.05, 0.1) is 5.92 Å². The van der Waals surface area contributed by atoms with Crippen molar-refractivity contribution >= 4 is 12.0 Å². The maximum atomic E-state index is 12.4. The predicted molar refractivity (Wildman–Crippen MR) is 78.8 cm³/mol. The maximum Gasteiger partial charge on any atom is 0.317 e. The van der Waals surface area contributed by atoms with E-state index >= 15 is 0 Å². The Hall–Kier alpha value is -1.26. The van der Waals surface area contributed by atoms with Crippen molar-refractivity contribution < 1.29 is 14.7 Å². The first-order valence-electron chi connectivity index (χ1n) is 8.24. The molecule has 3 rings (SSSR count). The number of urea groups is 1. The number of carbonyl (C=O) groups is 2. The zero-order chi connectivity index (χ0) is 15.1. The summed E-state index contributed by atoms with van der Waals surface area (Å²) >= 11 is 0. The van der Waals surface area contributed by atoms with Gasteiger partial charge in [0.15, 0.2) is 0 Å². The first kappa shape index (κ1) is 14.7. The lowest BCUT2D eigenvalue weighted by atomic mass is 9.84. The van der Waals surface area contributed by atoms with Gasteiger partial charge in [-0.25, -0.2) is 4.79 Å². The topological polar surface area (TPSA) is 69.6 Å². The molecule has 2 bridgehead atoms. The summed E-state index contributed by atoms with van der Waals surface area (Å²) in [5.74, 6) is 1.10. The SMILES string of the molecule is CC(NC(=O)N1C[C@@H](C)[C@H](C(=O)O)C1)C1CC2CCC1C2.